The van der Waals surface area contributed by atoms with E-state index in [9.17, 15) is 9.59 Å². The maximum absolute atomic E-state index is 12.1. The first-order valence-corrected chi connectivity index (χ1v) is 10.7. The van der Waals surface area contributed by atoms with Gasteiger partial charge in [0.1, 0.15) is 0 Å². The van der Waals surface area contributed by atoms with Gasteiger partial charge in [-0.2, -0.15) is 0 Å². The summed E-state index contributed by atoms with van der Waals surface area (Å²) in [6, 6.07) is 5.42. The van der Waals surface area contributed by atoms with Crippen LogP contribution in [0.3, 0.4) is 0 Å². The minimum absolute atomic E-state index is 0.105. The second kappa shape index (κ2) is 7.62. The maximum Gasteiger partial charge on any atom is 0.258 e. The van der Waals surface area contributed by atoms with Gasteiger partial charge in [-0.1, -0.05) is 17.8 Å². The predicted molar refractivity (Wildman–Crippen MR) is 106 cm³/mol. The number of nitrogens with zero attached hydrogens (tertiary/aromatic N) is 5. The van der Waals surface area contributed by atoms with E-state index < -0.39 is 0 Å². The molecule has 0 bridgehead atoms. The average Bonchev–Trinajstić information content (AvgIpc) is 3.37. The molecular weight excluding hydrogens is 404 g/mol. The van der Waals surface area contributed by atoms with Gasteiger partial charge in [-0.15, -0.1) is 32.9 Å². The monoisotopic (exact) mass is 418 g/mol. The van der Waals surface area contributed by atoms with E-state index in [2.05, 4.69) is 15.2 Å². The lowest BCUT2D eigenvalue weighted by atomic mass is 10.4. The van der Waals surface area contributed by atoms with Crippen molar-refractivity contribution >= 4 is 45.3 Å². The van der Waals surface area contributed by atoms with Gasteiger partial charge in [0.15, 0.2) is 15.9 Å². The number of aromatic nitrogens is 5. The fourth-order valence-electron chi connectivity index (χ4n) is 2.51. The Balaban J connectivity index is 1.60. The number of thiophene rings is 1. The topological polar surface area (TPSA) is 108 Å². The summed E-state index contributed by atoms with van der Waals surface area (Å²) < 4.78 is 3.40. The molecular formula is C16H14N6O2S3. The molecule has 0 radical (unpaired) electrons. The highest BCUT2D eigenvalue weighted by Gasteiger charge is 2.16. The standard InChI is InChI=1S/C16H14N6O2S3/c17-12(23)3-4-22-14(11-2-1-6-25-11)19-20-16(22)27-9-10-8-13(24)21-5-7-26-15(21)18-10/h1-2,5-8H,3-4,9H2,(H2,17,23). The average molecular weight is 419 g/mol. The zero-order valence-corrected chi connectivity index (χ0v) is 16.4. The molecule has 0 saturated carbocycles. The van der Waals surface area contributed by atoms with Crippen LogP contribution in [0.2, 0.25) is 0 Å². The van der Waals surface area contributed by atoms with Crippen LogP contribution >= 0.6 is 34.4 Å². The minimum atomic E-state index is -0.380. The van der Waals surface area contributed by atoms with Gasteiger partial charge in [-0.3, -0.25) is 14.0 Å². The molecule has 0 aliphatic carbocycles. The lowest BCUT2D eigenvalue weighted by Gasteiger charge is -2.08. The van der Waals surface area contributed by atoms with Crippen molar-refractivity contribution in [2.45, 2.75) is 23.9 Å². The molecule has 8 nitrogen and oxygen atoms in total. The van der Waals surface area contributed by atoms with Crippen molar-refractivity contribution < 1.29 is 4.79 Å². The number of amides is 1. The summed E-state index contributed by atoms with van der Waals surface area (Å²) in [6.45, 7) is 0.401. The summed E-state index contributed by atoms with van der Waals surface area (Å²) in [5.74, 6) is 0.799. The number of fused-ring (bicyclic) bond motifs is 1. The van der Waals surface area contributed by atoms with Crippen LogP contribution in [0.5, 0.6) is 0 Å². The molecule has 0 unspecified atom stereocenters. The van der Waals surface area contributed by atoms with Crippen LogP contribution in [0.25, 0.3) is 15.7 Å². The van der Waals surface area contributed by atoms with Crippen molar-refractivity contribution in [3.05, 3.63) is 51.2 Å². The first kappa shape index (κ1) is 17.9. The molecule has 4 rings (SSSR count). The molecule has 138 valence electrons. The Morgan fingerprint density at radius 2 is 2.15 bits per heavy atom. The van der Waals surface area contributed by atoms with Crippen LogP contribution in [-0.2, 0) is 17.1 Å². The van der Waals surface area contributed by atoms with E-state index >= 15 is 0 Å². The fourth-order valence-corrected chi connectivity index (χ4v) is 4.82. The number of primary amides is 1. The van der Waals surface area contributed by atoms with Crippen molar-refractivity contribution in [1.29, 1.82) is 0 Å². The Morgan fingerprint density at radius 3 is 2.93 bits per heavy atom. The molecule has 4 heterocycles. The summed E-state index contributed by atoms with van der Waals surface area (Å²) in [5, 5.41) is 13.0. The molecule has 4 aromatic heterocycles. The van der Waals surface area contributed by atoms with E-state index in [1.165, 1.54) is 33.6 Å². The van der Waals surface area contributed by atoms with Crippen LogP contribution in [0.15, 0.2) is 45.1 Å². The lowest BCUT2D eigenvalue weighted by molar-refractivity contribution is -0.118. The number of carbonyl (C=O) groups is 1. The molecule has 2 N–H and O–H groups in total. The summed E-state index contributed by atoms with van der Waals surface area (Å²) >= 11 is 4.39. The van der Waals surface area contributed by atoms with Gasteiger partial charge < -0.3 is 10.3 Å². The third-order valence-electron chi connectivity index (χ3n) is 3.75. The first-order chi connectivity index (χ1) is 13.1. The van der Waals surface area contributed by atoms with Crippen LogP contribution in [0.4, 0.5) is 0 Å². The zero-order chi connectivity index (χ0) is 18.8. The highest BCUT2D eigenvalue weighted by Crippen LogP contribution is 2.28. The number of thiazole rings is 1. The number of nitrogens with two attached hydrogens (primary N) is 1. The number of hydrogen-bond acceptors (Lipinski definition) is 8. The largest absolute Gasteiger partial charge is 0.370 e. The van der Waals surface area contributed by atoms with Gasteiger partial charge in [0.05, 0.1) is 10.6 Å². The highest BCUT2D eigenvalue weighted by molar-refractivity contribution is 7.98. The summed E-state index contributed by atoms with van der Waals surface area (Å²) in [6.07, 6.45) is 1.91. The van der Waals surface area contributed by atoms with Gasteiger partial charge >= 0.3 is 0 Å². The van der Waals surface area contributed by atoms with Crippen LogP contribution < -0.4 is 11.3 Å². The molecule has 0 aliphatic heterocycles. The molecule has 11 heteroatoms. The summed E-state index contributed by atoms with van der Waals surface area (Å²) in [7, 11) is 0. The van der Waals surface area contributed by atoms with Crippen molar-refractivity contribution in [3.8, 4) is 10.7 Å². The second-order valence-electron chi connectivity index (χ2n) is 5.58. The number of rotatable bonds is 7. The molecule has 27 heavy (non-hydrogen) atoms. The molecule has 0 aromatic carbocycles. The van der Waals surface area contributed by atoms with Gasteiger partial charge in [0.2, 0.25) is 5.91 Å². The Labute approximate surface area is 165 Å². The third kappa shape index (κ3) is 3.80. The highest BCUT2D eigenvalue weighted by atomic mass is 32.2. The van der Waals surface area contributed by atoms with E-state index in [-0.39, 0.29) is 17.9 Å². The van der Waals surface area contributed by atoms with E-state index in [1.54, 1.807) is 17.5 Å². The van der Waals surface area contributed by atoms with Gasteiger partial charge in [-0.25, -0.2) is 4.98 Å². The molecule has 0 spiro atoms. The number of hydrogen-bond donors (Lipinski definition) is 1. The summed E-state index contributed by atoms with van der Waals surface area (Å²) in [5.41, 5.74) is 5.88. The molecule has 0 aliphatic rings. The molecule has 4 aromatic rings. The quantitative estimate of drug-likeness (QED) is 0.461. The van der Waals surface area contributed by atoms with Crippen molar-refractivity contribution in [2.24, 2.45) is 5.73 Å². The van der Waals surface area contributed by atoms with Crippen LogP contribution in [0, 0.1) is 0 Å². The molecule has 1 amide bonds. The molecule has 0 atom stereocenters. The van der Waals surface area contributed by atoms with Crippen molar-refractivity contribution in [2.75, 3.05) is 0 Å². The predicted octanol–water partition coefficient (Wildman–Crippen LogP) is 2.24. The molecule has 0 fully saturated rings. The third-order valence-corrected chi connectivity index (χ3v) is 6.37. The SMILES string of the molecule is NC(=O)CCn1c(SCc2cc(=O)n3ccsc3n2)nnc1-c1cccs1. The zero-order valence-electron chi connectivity index (χ0n) is 13.9. The van der Waals surface area contributed by atoms with E-state index in [1.807, 2.05) is 27.5 Å². The lowest BCUT2D eigenvalue weighted by Crippen LogP contribution is -2.15. The van der Waals surface area contributed by atoms with Crippen molar-refractivity contribution in [1.82, 2.24) is 24.1 Å². The van der Waals surface area contributed by atoms with E-state index in [0.29, 0.717) is 33.9 Å². The summed E-state index contributed by atoms with van der Waals surface area (Å²) in [4.78, 5) is 29.5. The Kier molecular flexibility index (Phi) is 5.05. The van der Waals surface area contributed by atoms with Gasteiger partial charge in [-0.05, 0) is 11.4 Å². The minimum Gasteiger partial charge on any atom is -0.370 e. The van der Waals surface area contributed by atoms with Crippen LogP contribution in [-0.4, -0.2) is 30.1 Å². The van der Waals surface area contributed by atoms with Gasteiger partial charge in [0, 0.05) is 36.4 Å². The van der Waals surface area contributed by atoms with Crippen molar-refractivity contribution in [3.63, 3.8) is 0 Å². The maximum atomic E-state index is 12.1. The Bertz CT molecular complexity index is 1140. The number of thioether (sulfide) groups is 1. The van der Waals surface area contributed by atoms with Crippen LogP contribution in [0.1, 0.15) is 12.1 Å². The number of carbonyl (C=O) groups excluding carboxylic acids is 1. The van der Waals surface area contributed by atoms with E-state index in [0.717, 1.165) is 4.88 Å². The smallest absolute Gasteiger partial charge is 0.258 e. The Morgan fingerprint density at radius 1 is 1.26 bits per heavy atom. The second-order valence-corrected chi connectivity index (χ2v) is 8.34. The first-order valence-electron chi connectivity index (χ1n) is 7.96. The fraction of sp³-hybridized carbons (Fsp3) is 0.188. The normalized spacial score (nSPS) is 11.3. The molecule has 0 saturated heterocycles. The van der Waals surface area contributed by atoms with E-state index in [4.69, 9.17) is 5.73 Å². The Hall–Kier alpha value is -2.50. The van der Waals surface area contributed by atoms with Gasteiger partial charge in [0.25, 0.3) is 5.56 Å².